The van der Waals surface area contributed by atoms with Crippen molar-refractivity contribution in [2.45, 2.75) is 0 Å². The highest BCUT2D eigenvalue weighted by molar-refractivity contribution is 7.11. The molecule has 45 heavy (non-hydrogen) atoms. The molecule has 210 valence electrons. The van der Waals surface area contributed by atoms with Crippen LogP contribution in [0.4, 0.5) is 52.0 Å². The molecule has 0 amide bonds. The fraction of sp³-hybridized carbons (Fsp3) is 0. The molecule has 0 aliphatic carbocycles. The van der Waals surface area contributed by atoms with E-state index >= 15 is 0 Å². The van der Waals surface area contributed by atoms with Crippen LogP contribution < -0.4 is 28.6 Å². The van der Waals surface area contributed by atoms with Crippen LogP contribution in [-0.2, 0) is 0 Å². The standard InChI is InChI=1S/C30H21B3N12/c1-4-16-34-25(13-1)40-28-22(10-7-19-37-28)43-31(40)44-23-11-8-20-38-29(23)41(26-14-2-5-17-35-26)33(44)45-24-12-9-21-39-30(24)42(32(43)45)27-15-3-6-18-36-27/h1-21H. The maximum Gasteiger partial charge on any atom is 0.492 e. The summed E-state index contributed by atoms with van der Waals surface area (Å²) in [5.74, 6) is 4.81. The Balaban J connectivity index is 1.30. The average Bonchev–Trinajstić information content (AvgIpc) is 3.75. The molecule has 10 heterocycles. The van der Waals surface area contributed by atoms with Crippen molar-refractivity contribution < 1.29 is 0 Å². The van der Waals surface area contributed by atoms with Crippen LogP contribution >= 0.6 is 0 Å². The summed E-state index contributed by atoms with van der Waals surface area (Å²) in [5.41, 5.74) is 2.91. The highest BCUT2D eigenvalue weighted by atomic mass is 15.6. The number of pyridine rings is 6. The third-order valence-electron chi connectivity index (χ3n) is 8.69. The van der Waals surface area contributed by atoms with E-state index in [1.165, 1.54) is 0 Å². The summed E-state index contributed by atoms with van der Waals surface area (Å²) in [7, 11) is -1.14. The van der Waals surface area contributed by atoms with Gasteiger partial charge < -0.3 is 28.6 Å². The molecule has 4 aliphatic heterocycles. The summed E-state index contributed by atoms with van der Waals surface area (Å²) in [5, 5.41) is 0. The molecule has 6 aromatic heterocycles. The normalized spacial score (nSPS) is 15.6. The van der Waals surface area contributed by atoms with Gasteiger partial charge in [-0.3, -0.25) is 0 Å². The quantitative estimate of drug-likeness (QED) is 0.279. The molecule has 10 rings (SSSR count). The molecule has 0 unspecified atom stereocenters. The molecule has 0 atom stereocenters. The van der Waals surface area contributed by atoms with Crippen LogP contribution in [0.3, 0.4) is 0 Å². The number of fused-ring (bicyclic) bond motifs is 12. The molecular formula is C30H21B3N12. The molecule has 0 bridgehead atoms. The first-order valence-corrected chi connectivity index (χ1v) is 14.7. The number of nitrogens with zero attached hydrogens (tertiary/aromatic N) is 12. The van der Waals surface area contributed by atoms with Crippen molar-refractivity contribution >= 4 is 73.3 Å². The van der Waals surface area contributed by atoms with E-state index in [4.69, 9.17) is 29.9 Å². The first-order chi connectivity index (χ1) is 22.4. The van der Waals surface area contributed by atoms with Gasteiger partial charge in [0.1, 0.15) is 34.9 Å². The van der Waals surface area contributed by atoms with Crippen LogP contribution in [0, 0.1) is 0 Å². The van der Waals surface area contributed by atoms with Crippen LogP contribution in [0.5, 0.6) is 0 Å². The molecule has 0 N–H and O–H groups in total. The van der Waals surface area contributed by atoms with Gasteiger partial charge in [0.25, 0.3) is 0 Å². The Morgan fingerprint density at radius 3 is 0.933 bits per heavy atom. The number of aromatic nitrogens is 6. The van der Waals surface area contributed by atoms with Crippen LogP contribution in [0.2, 0.25) is 0 Å². The topological polar surface area (TPSA) is 96.8 Å². The van der Waals surface area contributed by atoms with Gasteiger partial charge in [0.2, 0.25) is 0 Å². The summed E-state index contributed by atoms with van der Waals surface area (Å²) in [6.07, 6.45) is 11.0. The second kappa shape index (κ2) is 9.20. The Kier molecular flexibility index (Phi) is 4.98. The van der Waals surface area contributed by atoms with Crippen LogP contribution in [0.15, 0.2) is 128 Å². The number of rotatable bonds is 3. The summed E-state index contributed by atoms with van der Waals surface area (Å²) in [6.45, 7) is 0. The Morgan fingerprint density at radius 2 is 0.644 bits per heavy atom. The molecule has 0 radical (unpaired) electrons. The van der Waals surface area contributed by atoms with E-state index in [1.54, 1.807) is 0 Å². The first kappa shape index (κ1) is 24.3. The highest BCUT2D eigenvalue weighted by Crippen LogP contribution is 2.55. The molecule has 1 fully saturated rings. The van der Waals surface area contributed by atoms with Crippen LogP contribution in [0.1, 0.15) is 0 Å². The predicted molar refractivity (Wildman–Crippen MR) is 177 cm³/mol. The van der Waals surface area contributed by atoms with Crippen molar-refractivity contribution in [2.24, 2.45) is 0 Å². The zero-order chi connectivity index (χ0) is 29.5. The zero-order valence-electron chi connectivity index (χ0n) is 23.7. The first-order valence-electron chi connectivity index (χ1n) is 14.7. The van der Waals surface area contributed by atoms with Crippen molar-refractivity contribution in [1.82, 2.24) is 29.9 Å². The minimum absolute atomic E-state index is 0.381. The van der Waals surface area contributed by atoms with Gasteiger partial charge in [-0.25, -0.2) is 29.9 Å². The summed E-state index contributed by atoms with van der Waals surface area (Å²) in [6, 6.07) is 30.2. The van der Waals surface area contributed by atoms with Gasteiger partial charge in [0.15, 0.2) is 0 Å². The summed E-state index contributed by atoms with van der Waals surface area (Å²) in [4.78, 5) is 36.0. The van der Waals surface area contributed by atoms with E-state index in [9.17, 15) is 0 Å². The van der Waals surface area contributed by atoms with Gasteiger partial charge in [-0.05, 0) is 72.8 Å². The number of anilines is 9. The monoisotopic (exact) mass is 582 g/mol. The van der Waals surface area contributed by atoms with E-state index in [2.05, 4.69) is 46.8 Å². The van der Waals surface area contributed by atoms with Crippen molar-refractivity contribution in [3.05, 3.63) is 128 Å². The van der Waals surface area contributed by atoms with E-state index in [0.29, 0.717) is 0 Å². The molecule has 0 spiro atoms. The zero-order valence-corrected chi connectivity index (χ0v) is 23.7. The fourth-order valence-corrected chi connectivity index (χ4v) is 7.08. The van der Waals surface area contributed by atoms with Crippen LogP contribution in [0.25, 0.3) is 0 Å². The van der Waals surface area contributed by atoms with E-state index < -0.39 is 0 Å². The third kappa shape index (κ3) is 3.23. The van der Waals surface area contributed by atoms with Gasteiger partial charge in [-0.15, -0.1) is 0 Å². The minimum Gasteiger partial charge on any atom is -0.381 e. The van der Waals surface area contributed by atoms with Gasteiger partial charge in [0.05, 0.1) is 17.1 Å². The fourth-order valence-electron chi connectivity index (χ4n) is 7.08. The third-order valence-corrected chi connectivity index (χ3v) is 8.69. The highest BCUT2D eigenvalue weighted by Gasteiger charge is 2.71. The maximum atomic E-state index is 4.96. The molecular weight excluding hydrogens is 561 g/mol. The Labute approximate surface area is 259 Å². The smallest absolute Gasteiger partial charge is 0.381 e. The molecule has 15 heteroatoms. The average molecular weight is 582 g/mol. The van der Waals surface area contributed by atoms with E-state index in [1.807, 2.05) is 110 Å². The summed E-state index contributed by atoms with van der Waals surface area (Å²) < 4.78 is 7.17. The van der Waals surface area contributed by atoms with Crippen molar-refractivity contribution in [3.8, 4) is 0 Å². The lowest BCUT2D eigenvalue weighted by molar-refractivity contribution is 1.16. The van der Waals surface area contributed by atoms with Crippen molar-refractivity contribution in [3.63, 3.8) is 0 Å². The molecule has 12 nitrogen and oxygen atoms in total. The van der Waals surface area contributed by atoms with Gasteiger partial charge in [0, 0.05) is 37.2 Å². The SMILES string of the molecule is c1ccc(N2B3N(B4N(B5N3c3cccnc3N5c3ccccn3)c3cccnc3N4c3ccccn3)c3cccnc32)nc1. The Hall–Kier alpha value is -6.11. The molecule has 4 aliphatic rings. The maximum absolute atomic E-state index is 4.96. The van der Waals surface area contributed by atoms with E-state index in [0.717, 1.165) is 52.0 Å². The lowest BCUT2D eigenvalue weighted by atomic mass is 9.56. The van der Waals surface area contributed by atoms with E-state index in [-0.39, 0.29) is 21.4 Å². The van der Waals surface area contributed by atoms with Crippen LogP contribution in [-0.4, -0.2) is 51.3 Å². The Bertz CT molecular complexity index is 1810. The largest absolute Gasteiger partial charge is 0.492 e. The lowest BCUT2D eigenvalue weighted by Crippen LogP contribution is -2.83. The minimum atomic E-state index is -0.381. The molecule has 1 saturated heterocycles. The van der Waals surface area contributed by atoms with Gasteiger partial charge in [-0.2, -0.15) is 0 Å². The second-order valence-corrected chi connectivity index (χ2v) is 11.0. The Morgan fingerprint density at radius 1 is 0.333 bits per heavy atom. The number of hydrogen-bond donors (Lipinski definition) is 0. The second-order valence-electron chi connectivity index (χ2n) is 11.0. The molecule has 0 aromatic carbocycles. The van der Waals surface area contributed by atoms with Crippen molar-refractivity contribution in [2.75, 3.05) is 28.6 Å². The predicted octanol–water partition coefficient (Wildman–Crippen LogP) is 4.30. The van der Waals surface area contributed by atoms with Crippen molar-refractivity contribution in [1.29, 1.82) is 0 Å². The molecule has 6 aromatic rings. The van der Waals surface area contributed by atoms with Gasteiger partial charge in [-0.1, -0.05) is 18.2 Å². The van der Waals surface area contributed by atoms with Gasteiger partial charge >= 0.3 is 21.4 Å². The summed E-state index contributed by atoms with van der Waals surface area (Å²) >= 11 is 0. The molecule has 0 saturated carbocycles. The lowest BCUT2D eigenvalue weighted by Gasteiger charge is -2.50. The number of hydrogen-bond acceptors (Lipinski definition) is 12.